The number of aliphatic imine (C=N–C) groups is 1. The topological polar surface area (TPSA) is 66.4 Å². The van der Waals surface area contributed by atoms with Gasteiger partial charge in [0, 0.05) is 38.7 Å². The van der Waals surface area contributed by atoms with Gasteiger partial charge in [-0.05, 0) is 43.6 Å². The molecule has 7 nitrogen and oxygen atoms in total. The van der Waals surface area contributed by atoms with Gasteiger partial charge in [0.25, 0.3) is 0 Å². The standard InChI is InChI=1S/C21H34N4O3S/c1-24(2)20(26)15-23-21(22-14-19-7-5-13-29-19)25-10-8-17(9-11-25)28-16-18-6-3-4-12-27-18/h5,7,13,17-18H,3-4,6,8-12,14-16H2,1-2H3,(H,22,23). The van der Waals surface area contributed by atoms with Crippen LogP contribution in [0.4, 0.5) is 0 Å². The number of nitrogens with zero attached hydrogens (tertiary/aromatic N) is 3. The lowest BCUT2D eigenvalue weighted by Crippen LogP contribution is -2.47. The molecule has 29 heavy (non-hydrogen) atoms. The predicted molar refractivity (Wildman–Crippen MR) is 116 cm³/mol. The number of amides is 1. The summed E-state index contributed by atoms with van der Waals surface area (Å²) in [5, 5.41) is 5.51. The molecule has 2 aliphatic rings. The Morgan fingerprint density at radius 3 is 2.83 bits per heavy atom. The molecule has 1 unspecified atom stereocenters. The van der Waals surface area contributed by atoms with Gasteiger partial charge in [-0.2, -0.15) is 0 Å². The molecule has 0 saturated carbocycles. The van der Waals surface area contributed by atoms with Gasteiger partial charge in [-0.3, -0.25) is 4.79 Å². The molecule has 0 bridgehead atoms. The molecule has 3 rings (SSSR count). The molecule has 1 aromatic heterocycles. The summed E-state index contributed by atoms with van der Waals surface area (Å²) in [6.07, 6.45) is 6.01. The van der Waals surface area contributed by atoms with Crippen molar-refractivity contribution in [1.29, 1.82) is 0 Å². The summed E-state index contributed by atoms with van der Waals surface area (Å²) in [5.41, 5.74) is 0. The van der Waals surface area contributed by atoms with Crippen molar-refractivity contribution in [1.82, 2.24) is 15.1 Å². The largest absolute Gasteiger partial charge is 0.376 e. The molecular formula is C21H34N4O3S. The van der Waals surface area contributed by atoms with Gasteiger partial charge in [0.05, 0.1) is 25.4 Å². The second-order valence-corrected chi connectivity index (χ2v) is 8.90. The highest BCUT2D eigenvalue weighted by Crippen LogP contribution is 2.18. The van der Waals surface area contributed by atoms with Crippen LogP contribution in [0.15, 0.2) is 22.5 Å². The van der Waals surface area contributed by atoms with E-state index in [1.165, 1.54) is 17.7 Å². The third-order valence-electron chi connectivity index (χ3n) is 5.40. The number of nitrogens with one attached hydrogen (secondary N) is 1. The minimum atomic E-state index is 0.00567. The summed E-state index contributed by atoms with van der Waals surface area (Å²) in [6, 6.07) is 4.15. The third-order valence-corrected chi connectivity index (χ3v) is 6.27. The Balaban J connectivity index is 1.49. The number of thiophene rings is 1. The van der Waals surface area contributed by atoms with Crippen LogP contribution in [0.3, 0.4) is 0 Å². The zero-order valence-corrected chi connectivity index (χ0v) is 18.5. The molecule has 0 aliphatic carbocycles. The van der Waals surface area contributed by atoms with E-state index in [4.69, 9.17) is 9.47 Å². The van der Waals surface area contributed by atoms with Gasteiger partial charge in [0.2, 0.25) is 5.91 Å². The van der Waals surface area contributed by atoms with E-state index in [1.807, 2.05) is 6.07 Å². The maximum Gasteiger partial charge on any atom is 0.243 e. The number of rotatable bonds is 7. The molecule has 1 atom stereocenters. The van der Waals surface area contributed by atoms with Gasteiger partial charge < -0.3 is 24.6 Å². The van der Waals surface area contributed by atoms with E-state index in [0.717, 1.165) is 51.5 Å². The summed E-state index contributed by atoms with van der Waals surface area (Å²) in [4.78, 5) is 21.7. The molecule has 3 heterocycles. The third kappa shape index (κ3) is 7.28. The summed E-state index contributed by atoms with van der Waals surface area (Å²) in [6.45, 7) is 4.22. The van der Waals surface area contributed by atoms with Crippen LogP contribution in [-0.2, 0) is 20.8 Å². The minimum Gasteiger partial charge on any atom is -0.376 e. The Morgan fingerprint density at radius 2 is 2.17 bits per heavy atom. The van der Waals surface area contributed by atoms with Crippen molar-refractivity contribution in [2.45, 2.75) is 50.9 Å². The van der Waals surface area contributed by atoms with Crippen LogP contribution >= 0.6 is 11.3 Å². The van der Waals surface area contributed by atoms with E-state index >= 15 is 0 Å². The van der Waals surface area contributed by atoms with E-state index in [1.54, 1.807) is 30.3 Å². The number of guanidine groups is 1. The molecule has 0 aromatic carbocycles. The van der Waals surface area contributed by atoms with Gasteiger partial charge in [-0.15, -0.1) is 11.3 Å². The summed E-state index contributed by atoms with van der Waals surface area (Å²) >= 11 is 1.72. The molecule has 8 heteroatoms. The molecule has 1 N–H and O–H groups in total. The first-order valence-electron chi connectivity index (χ1n) is 10.6. The Morgan fingerprint density at radius 1 is 1.34 bits per heavy atom. The number of hydrogen-bond acceptors (Lipinski definition) is 5. The van der Waals surface area contributed by atoms with Gasteiger partial charge in [-0.25, -0.2) is 4.99 Å². The SMILES string of the molecule is CN(C)C(=O)CN=C(NCc1cccs1)N1CCC(OCC2CCCCO2)CC1. The van der Waals surface area contributed by atoms with Crippen molar-refractivity contribution in [2.75, 3.05) is 46.9 Å². The second kappa shape index (κ2) is 11.5. The van der Waals surface area contributed by atoms with Crippen LogP contribution in [0.5, 0.6) is 0 Å². The van der Waals surface area contributed by atoms with E-state index in [9.17, 15) is 4.79 Å². The quantitative estimate of drug-likeness (QED) is 0.540. The Bertz CT molecular complexity index is 636. The zero-order chi connectivity index (χ0) is 20.5. The van der Waals surface area contributed by atoms with Crippen LogP contribution in [-0.4, -0.2) is 80.8 Å². The molecule has 2 aliphatic heterocycles. The van der Waals surface area contributed by atoms with Crippen molar-refractivity contribution in [3.63, 3.8) is 0 Å². The number of likely N-dealkylation sites (tertiary alicyclic amines) is 1. The first-order valence-corrected chi connectivity index (χ1v) is 11.5. The van der Waals surface area contributed by atoms with E-state index in [-0.39, 0.29) is 24.7 Å². The fourth-order valence-electron chi connectivity index (χ4n) is 3.55. The fourth-order valence-corrected chi connectivity index (χ4v) is 4.19. The molecule has 2 saturated heterocycles. The summed E-state index contributed by atoms with van der Waals surface area (Å²) in [7, 11) is 3.52. The van der Waals surface area contributed by atoms with Gasteiger partial charge in [-0.1, -0.05) is 6.07 Å². The summed E-state index contributed by atoms with van der Waals surface area (Å²) in [5.74, 6) is 0.814. The lowest BCUT2D eigenvalue weighted by Gasteiger charge is -2.35. The predicted octanol–water partition coefficient (Wildman–Crippen LogP) is 2.33. The maximum atomic E-state index is 12.0. The summed E-state index contributed by atoms with van der Waals surface area (Å²) < 4.78 is 11.9. The van der Waals surface area contributed by atoms with Crippen LogP contribution in [0.25, 0.3) is 0 Å². The maximum absolute atomic E-state index is 12.0. The fraction of sp³-hybridized carbons (Fsp3) is 0.714. The Kier molecular flexibility index (Phi) is 8.76. The number of piperidine rings is 1. The average Bonchev–Trinajstić information content (AvgIpc) is 3.27. The first-order chi connectivity index (χ1) is 14.1. The van der Waals surface area contributed by atoms with Gasteiger partial charge >= 0.3 is 0 Å². The van der Waals surface area contributed by atoms with Gasteiger partial charge in [0.15, 0.2) is 5.96 Å². The van der Waals surface area contributed by atoms with E-state index in [0.29, 0.717) is 6.61 Å². The average molecular weight is 423 g/mol. The number of carbonyl (C=O) groups is 1. The van der Waals surface area contributed by atoms with E-state index < -0.39 is 0 Å². The van der Waals surface area contributed by atoms with Crippen LogP contribution in [0.2, 0.25) is 0 Å². The highest BCUT2D eigenvalue weighted by Gasteiger charge is 2.24. The zero-order valence-electron chi connectivity index (χ0n) is 17.6. The lowest BCUT2D eigenvalue weighted by atomic mass is 10.1. The monoisotopic (exact) mass is 422 g/mol. The smallest absolute Gasteiger partial charge is 0.243 e. The number of likely N-dealkylation sites (N-methyl/N-ethyl adjacent to an activating group) is 1. The van der Waals surface area contributed by atoms with Crippen LogP contribution < -0.4 is 5.32 Å². The molecule has 1 aromatic rings. The van der Waals surface area contributed by atoms with Gasteiger partial charge in [0.1, 0.15) is 6.54 Å². The number of hydrogen-bond donors (Lipinski definition) is 1. The molecule has 162 valence electrons. The molecule has 1 amide bonds. The van der Waals surface area contributed by atoms with Crippen molar-refractivity contribution in [3.05, 3.63) is 22.4 Å². The van der Waals surface area contributed by atoms with Crippen LogP contribution in [0, 0.1) is 0 Å². The molecule has 0 radical (unpaired) electrons. The Labute approximate surface area is 178 Å². The molecule has 2 fully saturated rings. The van der Waals surface area contributed by atoms with Crippen LogP contribution in [0.1, 0.15) is 37.0 Å². The Hall–Kier alpha value is -1.64. The minimum absolute atomic E-state index is 0.00567. The van der Waals surface area contributed by atoms with Crippen molar-refractivity contribution >= 4 is 23.2 Å². The van der Waals surface area contributed by atoms with Crippen molar-refractivity contribution in [2.24, 2.45) is 4.99 Å². The first kappa shape index (κ1) is 22.1. The second-order valence-electron chi connectivity index (χ2n) is 7.87. The van der Waals surface area contributed by atoms with E-state index in [2.05, 4.69) is 26.7 Å². The van der Waals surface area contributed by atoms with Crippen molar-refractivity contribution < 1.29 is 14.3 Å². The lowest BCUT2D eigenvalue weighted by molar-refractivity contribution is -0.127. The highest BCUT2D eigenvalue weighted by molar-refractivity contribution is 7.09. The number of carbonyl (C=O) groups excluding carboxylic acids is 1. The normalized spacial score (nSPS) is 21.2. The van der Waals surface area contributed by atoms with Crippen molar-refractivity contribution in [3.8, 4) is 0 Å². The molecule has 0 spiro atoms. The highest BCUT2D eigenvalue weighted by atomic mass is 32.1. The molecular weight excluding hydrogens is 388 g/mol. The number of ether oxygens (including phenoxy) is 2.